The molecule has 1 aliphatic heterocycles. The van der Waals surface area contributed by atoms with E-state index < -0.39 is 9.84 Å². The molecule has 1 aromatic heterocycles. The van der Waals surface area contributed by atoms with E-state index >= 15 is 0 Å². The summed E-state index contributed by atoms with van der Waals surface area (Å²) in [6.07, 6.45) is 2.36. The van der Waals surface area contributed by atoms with Crippen LogP contribution in [-0.4, -0.2) is 25.8 Å². The molecule has 2 atom stereocenters. The predicted octanol–water partition coefficient (Wildman–Crippen LogP) is 2.31. The van der Waals surface area contributed by atoms with Crippen molar-refractivity contribution in [1.29, 1.82) is 0 Å². The number of amides is 1. The fourth-order valence-electron chi connectivity index (χ4n) is 2.93. The van der Waals surface area contributed by atoms with Gasteiger partial charge in [-0.1, -0.05) is 30.3 Å². The van der Waals surface area contributed by atoms with Gasteiger partial charge >= 0.3 is 0 Å². The topological polar surface area (TPSA) is 76.4 Å². The van der Waals surface area contributed by atoms with Crippen molar-refractivity contribution in [1.82, 2.24) is 5.32 Å². The summed E-state index contributed by atoms with van der Waals surface area (Å²) in [4.78, 5) is 12.3. The van der Waals surface area contributed by atoms with Gasteiger partial charge < -0.3 is 9.73 Å². The average molecular weight is 333 g/mol. The van der Waals surface area contributed by atoms with Crippen molar-refractivity contribution in [3.8, 4) is 0 Å². The standard InChI is InChI=1S/C17H19NO4S/c19-16(11-13-8-10-23(20,21)12-13)18-17(15-7-4-9-22-15)14-5-2-1-3-6-14/h1-7,9,13,17H,8,10-12H2,(H,18,19). The number of carbonyl (C=O) groups is 1. The summed E-state index contributed by atoms with van der Waals surface area (Å²) >= 11 is 0. The van der Waals surface area contributed by atoms with Gasteiger partial charge in [-0.25, -0.2) is 8.42 Å². The Labute approximate surface area is 135 Å². The third-order valence-electron chi connectivity index (χ3n) is 4.07. The molecule has 0 radical (unpaired) electrons. The quantitative estimate of drug-likeness (QED) is 0.911. The van der Waals surface area contributed by atoms with Crippen LogP contribution in [0.25, 0.3) is 0 Å². The maximum atomic E-state index is 12.3. The van der Waals surface area contributed by atoms with E-state index in [2.05, 4.69) is 5.32 Å². The molecular formula is C17H19NO4S. The maximum Gasteiger partial charge on any atom is 0.221 e. The van der Waals surface area contributed by atoms with Crippen LogP contribution in [0, 0.1) is 5.92 Å². The predicted molar refractivity (Wildman–Crippen MR) is 86.5 cm³/mol. The van der Waals surface area contributed by atoms with E-state index in [9.17, 15) is 13.2 Å². The highest BCUT2D eigenvalue weighted by Gasteiger charge is 2.30. The Morgan fingerprint density at radius 1 is 1.22 bits per heavy atom. The molecular weight excluding hydrogens is 314 g/mol. The van der Waals surface area contributed by atoms with Crippen molar-refractivity contribution in [2.45, 2.75) is 18.9 Å². The maximum absolute atomic E-state index is 12.3. The molecule has 1 N–H and O–H groups in total. The fourth-order valence-corrected chi connectivity index (χ4v) is 4.80. The van der Waals surface area contributed by atoms with E-state index in [1.807, 2.05) is 36.4 Å². The van der Waals surface area contributed by atoms with E-state index in [4.69, 9.17) is 4.42 Å². The second-order valence-corrected chi connectivity index (χ2v) is 8.13. The van der Waals surface area contributed by atoms with Crippen LogP contribution in [0.4, 0.5) is 0 Å². The lowest BCUT2D eigenvalue weighted by molar-refractivity contribution is -0.122. The van der Waals surface area contributed by atoms with E-state index in [1.165, 1.54) is 0 Å². The second-order valence-electron chi connectivity index (χ2n) is 5.90. The Bertz CT molecular complexity index is 753. The van der Waals surface area contributed by atoms with Crippen LogP contribution in [0.1, 0.15) is 30.2 Å². The van der Waals surface area contributed by atoms with Crippen molar-refractivity contribution in [3.05, 3.63) is 60.1 Å². The lowest BCUT2D eigenvalue weighted by Crippen LogP contribution is -2.30. The molecule has 122 valence electrons. The molecule has 1 aromatic carbocycles. The second kappa shape index (κ2) is 6.58. The zero-order valence-electron chi connectivity index (χ0n) is 12.6. The molecule has 0 spiro atoms. The number of rotatable bonds is 5. The molecule has 5 nitrogen and oxygen atoms in total. The Hall–Kier alpha value is -2.08. The smallest absolute Gasteiger partial charge is 0.221 e. The van der Waals surface area contributed by atoms with Gasteiger partial charge in [-0.05, 0) is 30.0 Å². The first-order valence-electron chi connectivity index (χ1n) is 7.61. The fraction of sp³-hybridized carbons (Fsp3) is 0.353. The lowest BCUT2D eigenvalue weighted by atomic mass is 10.0. The number of nitrogens with one attached hydrogen (secondary N) is 1. The molecule has 1 amide bonds. The van der Waals surface area contributed by atoms with E-state index in [0.29, 0.717) is 12.2 Å². The minimum atomic E-state index is -2.96. The Morgan fingerprint density at radius 2 is 2.00 bits per heavy atom. The molecule has 6 heteroatoms. The number of benzene rings is 1. The number of hydrogen-bond donors (Lipinski definition) is 1. The van der Waals surface area contributed by atoms with Crippen LogP contribution in [0.5, 0.6) is 0 Å². The van der Waals surface area contributed by atoms with Gasteiger partial charge in [0.1, 0.15) is 11.8 Å². The van der Waals surface area contributed by atoms with E-state index in [-0.39, 0.29) is 35.8 Å². The Kier molecular flexibility index (Phi) is 4.52. The van der Waals surface area contributed by atoms with Crippen molar-refractivity contribution in [2.75, 3.05) is 11.5 Å². The van der Waals surface area contributed by atoms with Crippen LogP contribution >= 0.6 is 0 Å². The van der Waals surface area contributed by atoms with Gasteiger partial charge in [0.05, 0.1) is 17.8 Å². The summed E-state index contributed by atoms with van der Waals surface area (Å²) in [5.74, 6) is 0.705. The van der Waals surface area contributed by atoms with E-state index in [0.717, 1.165) is 5.56 Å². The summed E-state index contributed by atoms with van der Waals surface area (Å²) in [5, 5.41) is 2.96. The number of hydrogen-bond acceptors (Lipinski definition) is 4. The zero-order valence-corrected chi connectivity index (χ0v) is 13.5. The number of sulfone groups is 1. The van der Waals surface area contributed by atoms with Gasteiger partial charge in [0, 0.05) is 6.42 Å². The third kappa shape index (κ3) is 4.01. The summed E-state index contributed by atoms with van der Waals surface area (Å²) < 4.78 is 28.5. The molecule has 0 bridgehead atoms. The highest BCUT2D eigenvalue weighted by molar-refractivity contribution is 7.91. The molecule has 1 fully saturated rings. The molecule has 3 rings (SSSR count). The Morgan fingerprint density at radius 3 is 2.61 bits per heavy atom. The Balaban J connectivity index is 1.71. The molecule has 23 heavy (non-hydrogen) atoms. The molecule has 2 unspecified atom stereocenters. The molecule has 0 aliphatic carbocycles. The first-order chi connectivity index (χ1) is 11.0. The molecule has 2 aromatic rings. The van der Waals surface area contributed by atoms with Gasteiger partial charge in [0.2, 0.25) is 5.91 Å². The first kappa shape index (κ1) is 15.8. The molecule has 0 saturated carbocycles. The number of carbonyl (C=O) groups excluding carboxylic acids is 1. The highest BCUT2D eigenvalue weighted by Crippen LogP contribution is 2.25. The summed E-state index contributed by atoms with van der Waals surface area (Å²) in [6, 6.07) is 12.8. The molecule has 2 heterocycles. The van der Waals surface area contributed by atoms with Gasteiger partial charge in [-0.2, -0.15) is 0 Å². The lowest BCUT2D eigenvalue weighted by Gasteiger charge is -2.18. The van der Waals surface area contributed by atoms with Gasteiger partial charge in [-0.15, -0.1) is 0 Å². The van der Waals surface area contributed by atoms with Gasteiger partial charge in [-0.3, -0.25) is 4.79 Å². The summed E-state index contributed by atoms with van der Waals surface area (Å²) in [5.41, 5.74) is 0.926. The zero-order chi connectivity index (χ0) is 16.3. The van der Waals surface area contributed by atoms with Crippen LogP contribution in [-0.2, 0) is 14.6 Å². The summed E-state index contributed by atoms with van der Waals surface area (Å²) in [6.45, 7) is 0. The normalized spacial score (nSPS) is 21.0. The van der Waals surface area contributed by atoms with Crippen molar-refractivity contribution < 1.29 is 17.6 Å². The van der Waals surface area contributed by atoms with Crippen LogP contribution in [0.15, 0.2) is 53.1 Å². The van der Waals surface area contributed by atoms with Crippen LogP contribution in [0.3, 0.4) is 0 Å². The van der Waals surface area contributed by atoms with Gasteiger partial charge in [0.25, 0.3) is 0 Å². The molecule has 1 saturated heterocycles. The summed E-state index contributed by atoms with van der Waals surface area (Å²) in [7, 11) is -2.96. The van der Waals surface area contributed by atoms with Crippen molar-refractivity contribution in [3.63, 3.8) is 0 Å². The first-order valence-corrected chi connectivity index (χ1v) is 9.44. The minimum Gasteiger partial charge on any atom is -0.467 e. The highest BCUT2D eigenvalue weighted by atomic mass is 32.2. The monoisotopic (exact) mass is 333 g/mol. The van der Waals surface area contributed by atoms with Crippen molar-refractivity contribution >= 4 is 15.7 Å². The van der Waals surface area contributed by atoms with Crippen LogP contribution < -0.4 is 5.32 Å². The van der Waals surface area contributed by atoms with E-state index in [1.54, 1.807) is 12.3 Å². The van der Waals surface area contributed by atoms with Gasteiger partial charge in [0.15, 0.2) is 9.84 Å². The largest absolute Gasteiger partial charge is 0.467 e. The SMILES string of the molecule is O=C(CC1CCS(=O)(=O)C1)NC(c1ccccc1)c1ccco1. The van der Waals surface area contributed by atoms with Crippen LogP contribution in [0.2, 0.25) is 0 Å². The van der Waals surface area contributed by atoms with Crippen molar-refractivity contribution in [2.24, 2.45) is 5.92 Å². The average Bonchev–Trinajstić information content (AvgIpc) is 3.15. The third-order valence-corrected chi connectivity index (χ3v) is 5.90. The molecule has 1 aliphatic rings. The number of furan rings is 1. The minimum absolute atomic E-state index is 0.0898.